The second kappa shape index (κ2) is 9.85. The number of hydrogen-bond donors (Lipinski definition) is 3. The van der Waals surface area contributed by atoms with Gasteiger partial charge < -0.3 is 15.5 Å². The Morgan fingerprint density at radius 1 is 1.18 bits per heavy atom. The Bertz CT molecular complexity index is 1470. The SMILES string of the molecule is CNC(=O)c1ccc2c(c1)CCc1cc(F)ccc1C2(CCNCC(=O)N1C(C#N)C[C@@H]2C[C@@H]21)c1nnn[nH]1. The molecular formula is C28H29FN8O2. The van der Waals surface area contributed by atoms with E-state index in [-0.39, 0.29) is 36.3 Å². The highest BCUT2D eigenvalue weighted by molar-refractivity contribution is 5.94. The summed E-state index contributed by atoms with van der Waals surface area (Å²) in [6.07, 6.45) is 3.40. The van der Waals surface area contributed by atoms with Gasteiger partial charge in [-0.05, 0) is 102 Å². The third-order valence-electron chi connectivity index (χ3n) is 8.49. The van der Waals surface area contributed by atoms with E-state index in [1.807, 2.05) is 12.1 Å². The minimum atomic E-state index is -0.875. The van der Waals surface area contributed by atoms with Crippen LogP contribution in [0.3, 0.4) is 0 Å². The molecule has 10 nitrogen and oxygen atoms in total. The fourth-order valence-electron chi connectivity index (χ4n) is 6.58. The number of benzene rings is 2. The van der Waals surface area contributed by atoms with Crippen LogP contribution in [-0.2, 0) is 23.1 Å². The van der Waals surface area contributed by atoms with Gasteiger partial charge in [-0.3, -0.25) is 9.59 Å². The lowest BCUT2D eigenvalue weighted by Gasteiger charge is -2.34. The quantitative estimate of drug-likeness (QED) is 0.396. The van der Waals surface area contributed by atoms with E-state index in [0.29, 0.717) is 43.1 Å². The molecule has 1 saturated heterocycles. The number of aromatic amines is 1. The van der Waals surface area contributed by atoms with Crippen molar-refractivity contribution >= 4 is 11.8 Å². The molecule has 1 aromatic heterocycles. The Hall–Kier alpha value is -4.17. The predicted octanol–water partition coefficient (Wildman–Crippen LogP) is 1.62. The largest absolute Gasteiger partial charge is 0.355 e. The van der Waals surface area contributed by atoms with Gasteiger partial charge in [0.05, 0.1) is 18.0 Å². The van der Waals surface area contributed by atoms with Crippen LogP contribution in [0.15, 0.2) is 36.4 Å². The number of rotatable bonds is 7. The Morgan fingerprint density at radius 2 is 1.95 bits per heavy atom. The number of nitrogens with one attached hydrogen (secondary N) is 3. The van der Waals surface area contributed by atoms with Gasteiger partial charge in [0.15, 0.2) is 5.82 Å². The molecule has 200 valence electrons. The summed E-state index contributed by atoms with van der Waals surface area (Å²) in [5, 5.41) is 30.4. The van der Waals surface area contributed by atoms with Crippen molar-refractivity contribution in [1.29, 1.82) is 5.26 Å². The molecule has 11 heteroatoms. The van der Waals surface area contributed by atoms with Crippen molar-refractivity contribution in [1.82, 2.24) is 36.2 Å². The molecule has 6 rings (SSSR count). The molecule has 3 aliphatic rings. The minimum absolute atomic E-state index is 0.0686. The van der Waals surface area contributed by atoms with Gasteiger partial charge in [0.1, 0.15) is 11.9 Å². The van der Waals surface area contributed by atoms with Crippen molar-refractivity contribution < 1.29 is 14.0 Å². The smallest absolute Gasteiger partial charge is 0.251 e. The van der Waals surface area contributed by atoms with Crippen LogP contribution in [0.4, 0.5) is 4.39 Å². The van der Waals surface area contributed by atoms with E-state index in [4.69, 9.17) is 0 Å². The molecule has 2 unspecified atom stereocenters. The number of hydrogen-bond acceptors (Lipinski definition) is 7. The van der Waals surface area contributed by atoms with E-state index in [1.165, 1.54) is 6.07 Å². The first-order valence-corrected chi connectivity index (χ1v) is 13.3. The zero-order chi connectivity index (χ0) is 27.1. The third-order valence-corrected chi connectivity index (χ3v) is 8.49. The molecule has 2 aromatic carbocycles. The summed E-state index contributed by atoms with van der Waals surface area (Å²) >= 11 is 0. The fourth-order valence-corrected chi connectivity index (χ4v) is 6.58. The van der Waals surface area contributed by atoms with Crippen LogP contribution in [0, 0.1) is 23.1 Å². The number of piperidine rings is 1. The van der Waals surface area contributed by atoms with E-state index in [0.717, 1.165) is 35.1 Å². The Kier molecular flexibility index (Phi) is 6.35. The Morgan fingerprint density at radius 3 is 2.67 bits per heavy atom. The topological polar surface area (TPSA) is 140 Å². The average molecular weight is 529 g/mol. The molecule has 2 fully saturated rings. The van der Waals surface area contributed by atoms with Gasteiger partial charge in [-0.1, -0.05) is 12.1 Å². The third kappa shape index (κ3) is 4.25. The predicted molar refractivity (Wildman–Crippen MR) is 138 cm³/mol. The summed E-state index contributed by atoms with van der Waals surface area (Å²) in [7, 11) is 1.59. The number of carbonyl (C=O) groups is 2. The molecule has 2 heterocycles. The molecule has 0 spiro atoms. The van der Waals surface area contributed by atoms with E-state index in [1.54, 1.807) is 30.1 Å². The lowest BCUT2D eigenvalue weighted by molar-refractivity contribution is -0.131. The molecule has 2 aliphatic carbocycles. The highest BCUT2D eigenvalue weighted by Gasteiger charge is 2.54. The zero-order valence-corrected chi connectivity index (χ0v) is 21.6. The van der Waals surface area contributed by atoms with Gasteiger partial charge in [-0.15, -0.1) is 5.10 Å². The van der Waals surface area contributed by atoms with Crippen LogP contribution >= 0.6 is 0 Å². The van der Waals surface area contributed by atoms with E-state index < -0.39 is 5.41 Å². The number of halogens is 1. The minimum Gasteiger partial charge on any atom is -0.355 e. The van der Waals surface area contributed by atoms with Crippen molar-refractivity contribution in [3.05, 3.63) is 75.9 Å². The van der Waals surface area contributed by atoms with Crippen LogP contribution in [0.25, 0.3) is 0 Å². The van der Waals surface area contributed by atoms with Gasteiger partial charge in [0, 0.05) is 18.7 Å². The highest BCUT2D eigenvalue weighted by Crippen LogP contribution is 2.48. The second-order valence-corrected chi connectivity index (χ2v) is 10.6. The molecule has 2 amide bonds. The van der Waals surface area contributed by atoms with Crippen LogP contribution < -0.4 is 10.6 Å². The number of amides is 2. The van der Waals surface area contributed by atoms with E-state index in [2.05, 4.69) is 37.3 Å². The van der Waals surface area contributed by atoms with E-state index >= 15 is 0 Å². The normalized spacial score (nSPS) is 24.6. The maximum Gasteiger partial charge on any atom is 0.251 e. The van der Waals surface area contributed by atoms with Gasteiger partial charge in [0.25, 0.3) is 5.91 Å². The van der Waals surface area contributed by atoms with Crippen LogP contribution in [-0.4, -0.2) is 69.6 Å². The standard InChI is InChI=1S/C28H29FN8O2/c1-31-26(39)18-4-6-22-16(10-18)2-3-17-11-20(29)5-7-23(17)28(22,27-33-35-36-34-27)8-9-32-15-25(38)37-21(14-30)12-19-13-24(19)37/h4-7,10-11,19,21,24,32H,2-3,8-9,12-13,15H2,1H3,(H,31,39)(H,33,34,35,36)/t19-,21?,24+,28?/m1/s1. The van der Waals surface area contributed by atoms with Gasteiger partial charge in [0.2, 0.25) is 5.91 Å². The average Bonchev–Trinajstić information content (AvgIpc) is 3.34. The highest BCUT2D eigenvalue weighted by atomic mass is 19.1. The van der Waals surface area contributed by atoms with Gasteiger partial charge in [-0.25, -0.2) is 9.49 Å². The van der Waals surface area contributed by atoms with Crippen molar-refractivity contribution in [2.45, 2.75) is 49.6 Å². The lowest BCUT2D eigenvalue weighted by atomic mass is 9.69. The van der Waals surface area contributed by atoms with Crippen LogP contribution in [0.2, 0.25) is 0 Å². The number of nitriles is 1. The molecule has 4 atom stereocenters. The Labute approximate surface area is 225 Å². The molecule has 39 heavy (non-hydrogen) atoms. The lowest BCUT2D eigenvalue weighted by Crippen LogP contribution is -2.44. The maximum absolute atomic E-state index is 14.4. The van der Waals surface area contributed by atoms with Crippen molar-refractivity contribution in [3.63, 3.8) is 0 Å². The summed E-state index contributed by atoms with van der Waals surface area (Å²) in [4.78, 5) is 27.2. The monoisotopic (exact) mass is 528 g/mol. The van der Waals surface area contributed by atoms with Gasteiger partial charge in [-0.2, -0.15) is 5.26 Å². The van der Waals surface area contributed by atoms with Crippen molar-refractivity contribution in [2.24, 2.45) is 5.92 Å². The maximum atomic E-state index is 14.4. The number of fused-ring (bicyclic) bond motifs is 3. The summed E-state index contributed by atoms with van der Waals surface area (Å²) in [6.45, 7) is 0.546. The Balaban J connectivity index is 1.35. The number of H-pyrrole nitrogens is 1. The number of tetrazole rings is 1. The first-order valence-electron chi connectivity index (χ1n) is 13.3. The molecule has 3 N–H and O–H groups in total. The van der Waals surface area contributed by atoms with E-state index in [9.17, 15) is 19.2 Å². The summed E-state index contributed by atoms with van der Waals surface area (Å²) in [5.74, 6) is 0.383. The summed E-state index contributed by atoms with van der Waals surface area (Å²) < 4.78 is 14.4. The molecular weight excluding hydrogens is 499 g/mol. The number of aryl methyl sites for hydroxylation is 2. The fraction of sp³-hybridized carbons (Fsp3) is 0.429. The second-order valence-electron chi connectivity index (χ2n) is 10.6. The molecule has 0 bridgehead atoms. The van der Waals surface area contributed by atoms with Crippen molar-refractivity contribution in [2.75, 3.05) is 20.1 Å². The van der Waals surface area contributed by atoms with Gasteiger partial charge >= 0.3 is 0 Å². The first-order chi connectivity index (χ1) is 19.0. The molecule has 1 saturated carbocycles. The molecule has 0 radical (unpaired) electrons. The number of aromatic nitrogens is 4. The summed E-state index contributed by atoms with van der Waals surface area (Å²) in [5.41, 5.74) is 3.27. The number of carbonyl (C=O) groups excluding carboxylic acids is 2. The molecule has 1 aliphatic heterocycles. The zero-order valence-electron chi connectivity index (χ0n) is 21.6. The van der Waals surface area contributed by atoms with Crippen LogP contribution in [0.1, 0.15) is 57.7 Å². The van der Waals surface area contributed by atoms with Crippen molar-refractivity contribution in [3.8, 4) is 6.07 Å². The summed E-state index contributed by atoms with van der Waals surface area (Å²) in [6, 6.07) is 12.5. The number of likely N-dealkylation sites (tertiary alicyclic amines) is 1. The first kappa shape index (κ1) is 25.1. The number of nitrogens with zero attached hydrogens (tertiary/aromatic N) is 5. The molecule has 3 aromatic rings. The van der Waals surface area contributed by atoms with Crippen LogP contribution in [0.5, 0.6) is 0 Å².